The van der Waals surface area contributed by atoms with Gasteiger partial charge in [0.25, 0.3) is 5.91 Å². The Bertz CT molecular complexity index is 948. The van der Waals surface area contributed by atoms with Crippen LogP contribution in [-0.2, 0) is 0 Å². The predicted molar refractivity (Wildman–Crippen MR) is 111 cm³/mol. The van der Waals surface area contributed by atoms with Crippen LogP contribution in [0.1, 0.15) is 63.9 Å². The van der Waals surface area contributed by atoms with Crippen molar-refractivity contribution in [2.45, 2.75) is 39.0 Å². The van der Waals surface area contributed by atoms with Crippen LogP contribution in [0.2, 0.25) is 5.02 Å². The normalized spacial score (nSPS) is 14.1. The number of aromatic carboxylic acids is 1. The van der Waals surface area contributed by atoms with E-state index in [0.29, 0.717) is 22.1 Å². The van der Waals surface area contributed by atoms with Crippen molar-refractivity contribution in [3.05, 3.63) is 63.7 Å². The maximum atomic E-state index is 12.6. The number of benzene rings is 2. The average Bonchev–Trinajstić information content (AvgIpc) is 2.69. The number of anilines is 1. The lowest BCUT2D eigenvalue weighted by atomic mass is 9.89. The Labute approximate surface area is 169 Å². The van der Waals surface area contributed by atoms with E-state index >= 15 is 0 Å². The van der Waals surface area contributed by atoms with Crippen LogP contribution in [0.25, 0.3) is 0 Å². The Kier molecular flexibility index (Phi) is 6.38. The third kappa shape index (κ3) is 4.94. The summed E-state index contributed by atoms with van der Waals surface area (Å²) >= 11 is 5.93. The lowest BCUT2D eigenvalue weighted by Crippen LogP contribution is -2.16. The maximum Gasteiger partial charge on any atom is 0.337 e. The molecule has 1 saturated carbocycles. The molecule has 2 N–H and O–H groups in total. The Morgan fingerprint density at radius 3 is 2.43 bits per heavy atom. The fraction of sp³-hybridized carbons (Fsp3) is 0.304. The molecule has 0 spiro atoms. The van der Waals surface area contributed by atoms with E-state index in [0.717, 1.165) is 5.56 Å². The number of carbonyl (C=O) groups excluding carboxylic acids is 1. The summed E-state index contributed by atoms with van der Waals surface area (Å²) in [6.45, 7) is 1.71. The van der Waals surface area contributed by atoms with E-state index in [1.165, 1.54) is 38.2 Å². The number of halogens is 1. The van der Waals surface area contributed by atoms with E-state index in [9.17, 15) is 14.7 Å². The molecule has 0 aliphatic heterocycles. The van der Waals surface area contributed by atoms with Crippen molar-refractivity contribution in [3.8, 4) is 11.8 Å². The molecule has 28 heavy (non-hydrogen) atoms. The molecule has 0 radical (unpaired) electrons. The second kappa shape index (κ2) is 8.95. The Balaban J connectivity index is 1.74. The van der Waals surface area contributed by atoms with Crippen molar-refractivity contribution >= 4 is 29.2 Å². The van der Waals surface area contributed by atoms with Crippen LogP contribution in [0.5, 0.6) is 0 Å². The van der Waals surface area contributed by atoms with Gasteiger partial charge in [-0.1, -0.05) is 42.7 Å². The summed E-state index contributed by atoms with van der Waals surface area (Å²) in [5.74, 6) is 5.48. The third-order valence-electron chi connectivity index (χ3n) is 4.94. The molecular formula is C23H22ClNO3. The largest absolute Gasteiger partial charge is 0.478 e. The molecular weight excluding hydrogens is 374 g/mol. The summed E-state index contributed by atoms with van der Waals surface area (Å²) in [4.78, 5) is 24.0. The van der Waals surface area contributed by atoms with Crippen LogP contribution in [0.4, 0.5) is 5.69 Å². The number of carboxylic acid groups (broad SMARTS) is 1. The third-order valence-corrected chi connectivity index (χ3v) is 5.16. The molecule has 0 bridgehead atoms. The monoisotopic (exact) mass is 395 g/mol. The first-order valence-electron chi connectivity index (χ1n) is 9.40. The molecule has 0 atom stereocenters. The minimum atomic E-state index is -1.14. The second-order valence-corrected chi connectivity index (χ2v) is 7.52. The number of carbonyl (C=O) groups is 2. The standard InChI is InChI=1S/C23H22ClNO3/c1-15-13-19(24)14-20(23(27)28)21(15)25-22(26)18-11-9-17(10-12-18)8-7-16-5-3-2-4-6-16/h9-14,16H,2-6H2,1H3,(H,25,26)(H,27,28). The zero-order chi connectivity index (χ0) is 20.1. The molecule has 5 heteroatoms. The molecule has 1 aliphatic carbocycles. The van der Waals surface area contributed by atoms with Crippen LogP contribution in [-0.4, -0.2) is 17.0 Å². The molecule has 3 rings (SSSR count). The summed E-state index contributed by atoms with van der Waals surface area (Å²) in [6.07, 6.45) is 6.14. The second-order valence-electron chi connectivity index (χ2n) is 7.09. The highest BCUT2D eigenvalue weighted by Gasteiger charge is 2.17. The number of carboxylic acids is 1. The summed E-state index contributed by atoms with van der Waals surface area (Å²) in [7, 11) is 0. The van der Waals surface area contributed by atoms with Gasteiger partial charge in [-0.05, 0) is 61.7 Å². The number of rotatable bonds is 3. The van der Waals surface area contributed by atoms with Gasteiger partial charge in [0.1, 0.15) is 0 Å². The Morgan fingerprint density at radius 2 is 1.79 bits per heavy atom. The van der Waals surface area contributed by atoms with Crippen molar-refractivity contribution in [1.29, 1.82) is 0 Å². The lowest BCUT2D eigenvalue weighted by Gasteiger charge is -2.15. The van der Waals surface area contributed by atoms with Gasteiger partial charge in [-0.15, -0.1) is 0 Å². The first kappa shape index (κ1) is 20.0. The molecule has 4 nitrogen and oxygen atoms in total. The van der Waals surface area contributed by atoms with E-state index < -0.39 is 5.97 Å². The first-order valence-corrected chi connectivity index (χ1v) is 9.78. The highest BCUT2D eigenvalue weighted by Crippen LogP contribution is 2.26. The van der Waals surface area contributed by atoms with Crippen LogP contribution in [0.3, 0.4) is 0 Å². The predicted octanol–water partition coefficient (Wildman–Crippen LogP) is 5.53. The van der Waals surface area contributed by atoms with E-state index in [4.69, 9.17) is 11.6 Å². The van der Waals surface area contributed by atoms with Crippen molar-refractivity contribution in [3.63, 3.8) is 0 Å². The number of hydrogen-bond acceptors (Lipinski definition) is 2. The van der Waals surface area contributed by atoms with Gasteiger partial charge < -0.3 is 10.4 Å². The minimum absolute atomic E-state index is 0.0340. The fourth-order valence-electron chi connectivity index (χ4n) is 3.40. The highest BCUT2D eigenvalue weighted by molar-refractivity contribution is 6.31. The van der Waals surface area contributed by atoms with Crippen LogP contribution >= 0.6 is 11.6 Å². The van der Waals surface area contributed by atoms with Gasteiger partial charge in [0.2, 0.25) is 0 Å². The number of hydrogen-bond donors (Lipinski definition) is 2. The van der Waals surface area contributed by atoms with Crippen LogP contribution in [0, 0.1) is 24.7 Å². The molecule has 0 unspecified atom stereocenters. The van der Waals surface area contributed by atoms with Crippen molar-refractivity contribution in [2.24, 2.45) is 5.92 Å². The summed E-state index contributed by atoms with van der Waals surface area (Å²) in [5.41, 5.74) is 2.12. The molecule has 1 fully saturated rings. The Hall–Kier alpha value is -2.77. The zero-order valence-electron chi connectivity index (χ0n) is 15.7. The summed E-state index contributed by atoms with van der Waals surface area (Å²) in [6, 6.07) is 9.98. The fourth-order valence-corrected chi connectivity index (χ4v) is 3.67. The van der Waals surface area contributed by atoms with Crippen LogP contribution in [0.15, 0.2) is 36.4 Å². The van der Waals surface area contributed by atoms with E-state index in [-0.39, 0.29) is 17.2 Å². The smallest absolute Gasteiger partial charge is 0.337 e. The van der Waals surface area contributed by atoms with E-state index in [2.05, 4.69) is 17.2 Å². The summed E-state index contributed by atoms with van der Waals surface area (Å²) < 4.78 is 0. The molecule has 1 aliphatic rings. The average molecular weight is 396 g/mol. The number of aryl methyl sites for hydroxylation is 1. The van der Waals surface area contributed by atoms with Gasteiger partial charge in [0.15, 0.2) is 0 Å². The van der Waals surface area contributed by atoms with Gasteiger partial charge in [0, 0.05) is 22.1 Å². The van der Waals surface area contributed by atoms with Gasteiger partial charge in [-0.25, -0.2) is 4.79 Å². The molecule has 0 aromatic heterocycles. The maximum absolute atomic E-state index is 12.6. The van der Waals surface area contributed by atoms with Crippen molar-refractivity contribution in [2.75, 3.05) is 5.32 Å². The number of amides is 1. The zero-order valence-corrected chi connectivity index (χ0v) is 16.5. The highest BCUT2D eigenvalue weighted by atomic mass is 35.5. The minimum Gasteiger partial charge on any atom is -0.478 e. The van der Waals surface area contributed by atoms with Crippen molar-refractivity contribution < 1.29 is 14.7 Å². The van der Waals surface area contributed by atoms with E-state index in [1.807, 2.05) is 12.1 Å². The molecule has 2 aromatic rings. The van der Waals surface area contributed by atoms with Gasteiger partial charge in [0.05, 0.1) is 11.3 Å². The number of nitrogens with one attached hydrogen (secondary N) is 1. The van der Waals surface area contributed by atoms with Gasteiger partial charge in [-0.2, -0.15) is 0 Å². The first-order chi connectivity index (χ1) is 13.4. The van der Waals surface area contributed by atoms with Gasteiger partial charge >= 0.3 is 5.97 Å². The molecule has 0 saturated heterocycles. The quantitative estimate of drug-likeness (QED) is 0.671. The topological polar surface area (TPSA) is 66.4 Å². The van der Waals surface area contributed by atoms with E-state index in [1.54, 1.807) is 25.1 Å². The van der Waals surface area contributed by atoms with Crippen molar-refractivity contribution in [1.82, 2.24) is 0 Å². The molecule has 1 amide bonds. The SMILES string of the molecule is Cc1cc(Cl)cc(C(=O)O)c1NC(=O)c1ccc(C#CC2CCCCC2)cc1. The van der Waals surface area contributed by atoms with Gasteiger partial charge in [-0.3, -0.25) is 4.79 Å². The van der Waals surface area contributed by atoms with Crippen LogP contribution < -0.4 is 5.32 Å². The summed E-state index contributed by atoms with van der Waals surface area (Å²) in [5, 5.41) is 12.4. The molecule has 0 heterocycles. The molecule has 144 valence electrons. The molecule has 2 aromatic carbocycles. The lowest BCUT2D eigenvalue weighted by molar-refractivity contribution is 0.0698. The Morgan fingerprint density at radius 1 is 1.11 bits per heavy atom.